The molecule has 0 bridgehead atoms. The fourth-order valence-corrected chi connectivity index (χ4v) is 5.40. The maximum absolute atomic E-state index is 13.1. The fourth-order valence-electron chi connectivity index (χ4n) is 4.75. The first-order chi connectivity index (χ1) is 15.9. The van der Waals surface area contributed by atoms with Gasteiger partial charge in [-0.05, 0) is 69.8 Å². The fraction of sp³-hybridized carbons (Fsp3) is 0.480. The van der Waals surface area contributed by atoms with Gasteiger partial charge in [0.1, 0.15) is 11.4 Å². The Morgan fingerprint density at radius 3 is 2.85 bits per heavy atom. The van der Waals surface area contributed by atoms with E-state index in [4.69, 9.17) is 9.26 Å². The molecule has 0 aliphatic carbocycles. The summed E-state index contributed by atoms with van der Waals surface area (Å²) in [5.41, 5.74) is 1.92. The van der Waals surface area contributed by atoms with Crippen LogP contribution in [0.15, 0.2) is 40.2 Å². The lowest BCUT2D eigenvalue weighted by Crippen LogP contribution is -2.45. The van der Waals surface area contributed by atoms with Crippen molar-refractivity contribution in [1.82, 2.24) is 20.4 Å². The minimum atomic E-state index is -0.311. The van der Waals surface area contributed by atoms with Gasteiger partial charge in [-0.2, -0.15) is 4.98 Å². The number of carbonyl (C=O) groups is 1. The Morgan fingerprint density at radius 2 is 2.09 bits per heavy atom. The van der Waals surface area contributed by atoms with Crippen molar-refractivity contribution in [2.75, 3.05) is 13.1 Å². The standard InChI is InChI=1S/C25H30N4O3S/c1-16-6-7-18-19(14-25(2,3)31-20(18)13-16)26-24(30)17-8-10-29(11-9-17)15-22-27-23(28-32-22)21-5-4-12-33-21/h4-7,12-13,17,19H,8-11,14-15H2,1-3H3,(H,26,30). The van der Waals surface area contributed by atoms with E-state index in [1.165, 1.54) is 0 Å². The maximum Gasteiger partial charge on any atom is 0.241 e. The minimum absolute atomic E-state index is 0.0190. The first-order valence-electron chi connectivity index (χ1n) is 11.5. The zero-order chi connectivity index (χ0) is 23.0. The third-order valence-corrected chi connectivity index (χ3v) is 7.34. The molecule has 0 spiro atoms. The van der Waals surface area contributed by atoms with E-state index < -0.39 is 0 Å². The Morgan fingerprint density at radius 1 is 1.27 bits per heavy atom. The number of rotatable bonds is 5. The summed E-state index contributed by atoms with van der Waals surface area (Å²) in [7, 11) is 0. The molecule has 0 saturated carbocycles. The second-order valence-electron chi connectivity index (χ2n) is 9.71. The summed E-state index contributed by atoms with van der Waals surface area (Å²) in [4.78, 5) is 21.0. The summed E-state index contributed by atoms with van der Waals surface area (Å²) in [5.74, 6) is 2.31. The van der Waals surface area contributed by atoms with Crippen LogP contribution in [0.5, 0.6) is 5.75 Å². The second kappa shape index (κ2) is 8.91. The van der Waals surface area contributed by atoms with Crippen molar-refractivity contribution in [3.05, 3.63) is 52.7 Å². The van der Waals surface area contributed by atoms with Crippen LogP contribution >= 0.6 is 11.3 Å². The molecule has 1 N–H and O–H groups in total. The summed E-state index contributed by atoms with van der Waals surface area (Å²) in [5, 5.41) is 9.42. The molecule has 1 fully saturated rings. The first-order valence-corrected chi connectivity index (χ1v) is 12.4. The maximum atomic E-state index is 13.1. The number of carbonyl (C=O) groups excluding carboxylic acids is 1. The molecule has 2 aromatic heterocycles. The number of aromatic nitrogens is 2. The Bertz CT molecular complexity index is 1120. The van der Waals surface area contributed by atoms with Gasteiger partial charge in [0.15, 0.2) is 0 Å². The quantitative estimate of drug-likeness (QED) is 0.585. The van der Waals surface area contributed by atoms with Crippen LogP contribution in [0.3, 0.4) is 0 Å². The average Bonchev–Trinajstić information content (AvgIpc) is 3.45. The monoisotopic (exact) mass is 466 g/mol. The predicted molar refractivity (Wildman–Crippen MR) is 127 cm³/mol. The van der Waals surface area contributed by atoms with Crippen LogP contribution < -0.4 is 10.1 Å². The van der Waals surface area contributed by atoms with Gasteiger partial charge in [-0.15, -0.1) is 11.3 Å². The van der Waals surface area contributed by atoms with Gasteiger partial charge in [0.05, 0.1) is 17.5 Å². The Balaban J connectivity index is 1.17. The average molecular weight is 467 g/mol. The molecule has 3 aromatic rings. The molecule has 8 heteroatoms. The van der Waals surface area contributed by atoms with Crippen LogP contribution in [-0.2, 0) is 11.3 Å². The normalized spacial score (nSPS) is 20.8. The number of nitrogens with zero attached hydrogens (tertiary/aromatic N) is 3. The number of likely N-dealkylation sites (tertiary alicyclic amines) is 1. The van der Waals surface area contributed by atoms with E-state index in [1.54, 1.807) is 11.3 Å². The van der Waals surface area contributed by atoms with E-state index in [2.05, 4.69) is 59.3 Å². The van der Waals surface area contributed by atoms with Crippen molar-refractivity contribution in [3.63, 3.8) is 0 Å². The van der Waals surface area contributed by atoms with Gasteiger partial charge in [-0.1, -0.05) is 23.4 Å². The molecule has 33 heavy (non-hydrogen) atoms. The number of fused-ring (bicyclic) bond motifs is 1. The highest BCUT2D eigenvalue weighted by molar-refractivity contribution is 7.13. The highest BCUT2D eigenvalue weighted by Gasteiger charge is 2.36. The van der Waals surface area contributed by atoms with Crippen molar-refractivity contribution in [1.29, 1.82) is 0 Å². The van der Waals surface area contributed by atoms with Gasteiger partial charge >= 0.3 is 0 Å². The van der Waals surface area contributed by atoms with Gasteiger partial charge in [-0.25, -0.2) is 0 Å². The smallest absolute Gasteiger partial charge is 0.241 e. The molecule has 1 unspecified atom stereocenters. The number of thiophene rings is 1. The van der Waals surface area contributed by atoms with Crippen LogP contribution in [0.4, 0.5) is 0 Å². The van der Waals surface area contributed by atoms with E-state index in [0.29, 0.717) is 18.3 Å². The van der Waals surface area contributed by atoms with Crippen molar-refractivity contribution in [2.24, 2.45) is 5.92 Å². The highest BCUT2D eigenvalue weighted by atomic mass is 32.1. The molecule has 2 aliphatic heterocycles. The second-order valence-corrected chi connectivity index (χ2v) is 10.7. The molecular weight excluding hydrogens is 436 g/mol. The lowest BCUT2D eigenvalue weighted by atomic mass is 9.88. The van der Waals surface area contributed by atoms with Gasteiger partial charge in [-0.3, -0.25) is 9.69 Å². The number of amides is 1. The van der Waals surface area contributed by atoms with E-state index >= 15 is 0 Å². The molecular formula is C25H30N4O3S. The predicted octanol–water partition coefficient (Wildman–Crippen LogP) is 4.74. The molecule has 5 rings (SSSR count). The Labute approximate surface area is 198 Å². The number of benzene rings is 1. The number of nitrogens with one attached hydrogen (secondary N) is 1. The third kappa shape index (κ3) is 4.96. The molecule has 2 aliphatic rings. The number of ether oxygens (including phenoxy) is 1. The molecule has 1 saturated heterocycles. The van der Waals surface area contributed by atoms with E-state index in [9.17, 15) is 4.79 Å². The highest BCUT2D eigenvalue weighted by Crippen LogP contribution is 2.40. The summed E-state index contributed by atoms with van der Waals surface area (Å²) in [6.45, 7) is 8.51. The zero-order valence-corrected chi connectivity index (χ0v) is 20.2. The number of aryl methyl sites for hydroxylation is 1. The number of piperidine rings is 1. The van der Waals surface area contributed by atoms with Crippen molar-refractivity contribution >= 4 is 17.2 Å². The van der Waals surface area contributed by atoms with Gasteiger partial charge < -0.3 is 14.6 Å². The van der Waals surface area contributed by atoms with Crippen LogP contribution in [-0.4, -0.2) is 39.6 Å². The number of hydrogen-bond donors (Lipinski definition) is 1. The SMILES string of the molecule is Cc1ccc2c(c1)OC(C)(C)CC2NC(=O)C1CCN(Cc2nc(-c3cccs3)no2)CC1. The molecule has 7 nitrogen and oxygen atoms in total. The first kappa shape index (κ1) is 22.1. The Kier molecular flexibility index (Phi) is 5.97. The summed E-state index contributed by atoms with van der Waals surface area (Å²) < 4.78 is 11.6. The lowest BCUT2D eigenvalue weighted by molar-refractivity contribution is -0.127. The van der Waals surface area contributed by atoms with Gasteiger partial charge in [0, 0.05) is 17.9 Å². The van der Waals surface area contributed by atoms with Crippen molar-refractivity contribution in [3.8, 4) is 16.5 Å². The van der Waals surface area contributed by atoms with Crippen LogP contribution in [0.2, 0.25) is 0 Å². The Hall–Kier alpha value is -2.71. The molecule has 1 amide bonds. The van der Waals surface area contributed by atoms with Crippen molar-refractivity contribution < 1.29 is 14.1 Å². The molecule has 1 atom stereocenters. The van der Waals surface area contributed by atoms with Gasteiger partial charge in [0.2, 0.25) is 17.6 Å². The van der Waals surface area contributed by atoms with E-state index in [1.807, 2.05) is 17.5 Å². The largest absolute Gasteiger partial charge is 0.487 e. The molecule has 4 heterocycles. The zero-order valence-electron chi connectivity index (χ0n) is 19.3. The van der Waals surface area contributed by atoms with E-state index in [0.717, 1.165) is 54.1 Å². The molecule has 0 radical (unpaired) electrons. The molecule has 174 valence electrons. The molecule has 1 aromatic carbocycles. The number of hydrogen-bond acceptors (Lipinski definition) is 7. The summed E-state index contributed by atoms with van der Waals surface area (Å²) in [6, 6.07) is 10.2. The van der Waals surface area contributed by atoms with E-state index in [-0.39, 0.29) is 23.5 Å². The van der Waals surface area contributed by atoms with Crippen molar-refractivity contribution in [2.45, 2.75) is 58.2 Å². The van der Waals surface area contributed by atoms with Crippen LogP contribution in [0.1, 0.15) is 56.2 Å². The van der Waals surface area contributed by atoms with Crippen LogP contribution in [0.25, 0.3) is 10.7 Å². The summed E-state index contributed by atoms with van der Waals surface area (Å²) >= 11 is 1.60. The lowest BCUT2D eigenvalue weighted by Gasteiger charge is -2.39. The van der Waals surface area contributed by atoms with Gasteiger partial charge in [0.25, 0.3) is 0 Å². The third-order valence-electron chi connectivity index (χ3n) is 6.47. The van der Waals surface area contributed by atoms with Crippen LogP contribution in [0, 0.1) is 12.8 Å². The minimum Gasteiger partial charge on any atom is -0.487 e. The summed E-state index contributed by atoms with van der Waals surface area (Å²) in [6.07, 6.45) is 2.41. The topological polar surface area (TPSA) is 80.5 Å².